The van der Waals surface area contributed by atoms with E-state index in [0.29, 0.717) is 6.04 Å². The van der Waals surface area contributed by atoms with Gasteiger partial charge in [0.25, 0.3) is 0 Å². The second-order valence-electron chi connectivity index (χ2n) is 4.24. The highest BCUT2D eigenvalue weighted by molar-refractivity contribution is 6.30. The first-order valence-corrected chi connectivity index (χ1v) is 6.35. The highest BCUT2D eigenvalue weighted by atomic mass is 35.5. The Labute approximate surface area is 116 Å². The van der Waals surface area contributed by atoms with Crippen LogP contribution in [0.1, 0.15) is 25.7 Å². The van der Waals surface area contributed by atoms with Gasteiger partial charge in [0, 0.05) is 16.8 Å². The van der Waals surface area contributed by atoms with Crippen LogP contribution in [0.3, 0.4) is 0 Å². The minimum absolute atomic E-state index is 0.682. The van der Waals surface area contributed by atoms with Crippen molar-refractivity contribution in [1.29, 1.82) is 0 Å². The molecule has 0 radical (unpaired) electrons. The molecule has 0 bridgehead atoms. The molecule has 0 aliphatic heterocycles. The summed E-state index contributed by atoms with van der Waals surface area (Å²) >= 11 is 5.80. The number of carboxylic acid groups (broad SMARTS) is 2. The quantitative estimate of drug-likeness (QED) is 0.727. The van der Waals surface area contributed by atoms with Gasteiger partial charge in [-0.3, -0.25) is 0 Å². The summed E-state index contributed by atoms with van der Waals surface area (Å²) in [6, 6.07) is 8.63. The number of carboxylic acids is 2. The summed E-state index contributed by atoms with van der Waals surface area (Å²) in [6.07, 6.45) is 5.35. The largest absolute Gasteiger partial charge is 0.473 e. The van der Waals surface area contributed by atoms with Crippen molar-refractivity contribution in [3.8, 4) is 0 Å². The first-order valence-electron chi connectivity index (χ1n) is 5.97. The number of carbonyl (C=O) groups is 2. The number of benzene rings is 1. The molecule has 1 saturated carbocycles. The number of nitrogens with one attached hydrogen (secondary N) is 1. The third-order valence-electron chi connectivity index (χ3n) is 2.75. The zero-order valence-corrected chi connectivity index (χ0v) is 11.1. The number of hydrogen-bond acceptors (Lipinski definition) is 3. The number of halogens is 1. The van der Waals surface area contributed by atoms with Crippen LogP contribution in [0.25, 0.3) is 0 Å². The molecule has 0 atom stereocenters. The summed E-state index contributed by atoms with van der Waals surface area (Å²) in [6.45, 7) is 0. The molecular weight excluding hydrogens is 270 g/mol. The van der Waals surface area contributed by atoms with Gasteiger partial charge in [0.05, 0.1) is 0 Å². The molecule has 5 nitrogen and oxygen atoms in total. The predicted octanol–water partition coefficient (Wildman–Crippen LogP) is 2.85. The Morgan fingerprint density at radius 2 is 1.53 bits per heavy atom. The van der Waals surface area contributed by atoms with E-state index in [4.69, 9.17) is 31.4 Å². The summed E-state index contributed by atoms with van der Waals surface area (Å²) in [5.41, 5.74) is 1.19. The molecule has 2 rings (SSSR count). The molecule has 1 aliphatic carbocycles. The standard InChI is InChI=1S/C11H14ClN.C2H2O4/c12-9-5-7-11(8-6-9)13-10-3-1-2-4-10;3-1(4)2(5)6/h5-8,10,13H,1-4H2;(H,3,4)(H,5,6). The maximum absolute atomic E-state index is 9.10. The monoisotopic (exact) mass is 285 g/mol. The molecule has 1 aromatic rings. The highest BCUT2D eigenvalue weighted by Crippen LogP contribution is 2.22. The average molecular weight is 286 g/mol. The van der Waals surface area contributed by atoms with E-state index in [1.165, 1.54) is 31.4 Å². The molecule has 1 fully saturated rings. The molecule has 0 aromatic heterocycles. The third kappa shape index (κ3) is 6.10. The minimum Gasteiger partial charge on any atom is -0.473 e. The van der Waals surface area contributed by atoms with Gasteiger partial charge in [0.1, 0.15) is 0 Å². The van der Waals surface area contributed by atoms with Crippen LogP contribution >= 0.6 is 11.6 Å². The van der Waals surface area contributed by atoms with Gasteiger partial charge in [-0.25, -0.2) is 9.59 Å². The predicted molar refractivity (Wildman–Crippen MR) is 72.6 cm³/mol. The zero-order valence-electron chi connectivity index (χ0n) is 10.3. The number of aliphatic carboxylic acids is 2. The van der Waals surface area contributed by atoms with Crippen molar-refractivity contribution >= 4 is 29.2 Å². The van der Waals surface area contributed by atoms with Crippen molar-refractivity contribution in [3.05, 3.63) is 29.3 Å². The van der Waals surface area contributed by atoms with Crippen LogP contribution in [-0.2, 0) is 9.59 Å². The summed E-state index contributed by atoms with van der Waals surface area (Å²) in [5, 5.41) is 19.1. The highest BCUT2D eigenvalue weighted by Gasteiger charge is 2.13. The molecular formula is C13H16ClNO4. The Bertz CT molecular complexity index is 415. The lowest BCUT2D eigenvalue weighted by atomic mass is 10.2. The van der Waals surface area contributed by atoms with Crippen molar-refractivity contribution < 1.29 is 19.8 Å². The lowest BCUT2D eigenvalue weighted by Crippen LogP contribution is -2.14. The van der Waals surface area contributed by atoms with Crippen molar-refractivity contribution in [2.75, 3.05) is 5.32 Å². The molecule has 0 unspecified atom stereocenters. The van der Waals surface area contributed by atoms with Gasteiger partial charge in [0.2, 0.25) is 0 Å². The molecule has 3 N–H and O–H groups in total. The summed E-state index contributed by atoms with van der Waals surface area (Å²) in [5.74, 6) is -3.65. The molecule has 19 heavy (non-hydrogen) atoms. The number of anilines is 1. The molecule has 1 aliphatic rings. The van der Waals surface area contributed by atoms with Crippen LogP contribution in [0.15, 0.2) is 24.3 Å². The molecule has 6 heteroatoms. The average Bonchev–Trinajstić information content (AvgIpc) is 2.85. The van der Waals surface area contributed by atoms with Gasteiger partial charge in [0.15, 0.2) is 0 Å². The Hall–Kier alpha value is -1.75. The zero-order chi connectivity index (χ0) is 14.3. The van der Waals surface area contributed by atoms with E-state index in [-0.39, 0.29) is 0 Å². The summed E-state index contributed by atoms with van der Waals surface area (Å²) in [7, 11) is 0. The molecule has 0 heterocycles. The van der Waals surface area contributed by atoms with Gasteiger partial charge in [-0.2, -0.15) is 0 Å². The Balaban J connectivity index is 0.000000258. The first kappa shape index (κ1) is 15.3. The summed E-state index contributed by atoms with van der Waals surface area (Å²) in [4.78, 5) is 18.2. The van der Waals surface area contributed by atoms with Gasteiger partial charge in [-0.05, 0) is 37.1 Å². The van der Waals surface area contributed by atoms with Crippen LogP contribution < -0.4 is 5.32 Å². The first-order chi connectivity index (χ1) is 8.99. The van der Waals surface area contributed by atoms with Crippen molar-refractivity contribution in [2.24, 2.45) is 0 Å². The maximum atomic E-state index is 9.10. The Kier molecular flexibility index (Phi) is 6.15. The van der Waals surface area contributed by atoms with Crippen molar-refractivity contribution in [1.82, 2.24) is 0 Å². The molecule has 0 saturated heterocycles. The smallest absolute Gasteiger partial charge is 0.414 e. The Morgan fingerprint density at radius 1 is 1.05 bits per heavy atom. The van der Waals surface area contributed by atoms with E-state index in [1.807, 2.05) is 24.3 Å². The second kappa shape index (κ2) is 7.63. The fourth-order valence-corrected chi connectivity index (χ4v) is 1.98. The third-order valence-corrected chi connectivity index (χ3v) is 3.01. The van der Waals surface area contributed by atoms with E-state index in [9.17, 15) is 0 Å². The topological polar surface area (TPSA) is 86.6 Å². The fraction of sp³-hybridized carbons (Fsp3) is 0.385. The second-order valence-corrected chi connectivity index (χ2v) is 4.68. The fourth-order valence-electron chi connectivity index (χ4n) is 1.85. The van der Waals surface area contributed by atoms with Crippen molar-refractivity contribution in [3.63, 3.8) is 0 Å². The molecule has 0 amide bonds. The SMILES string of the molecule is Clc1ccc(NC2CCCC2)cc1.O=C(O)C(=O)O. The van der Waals surface area contributed by atoms with Gasteiger partial charge in [-0.1, -0.05) is 24.4 Å². The van der Waals surface area contributed by atoms with Crippen LogP contribution in [-0.4, -0.2) is 28.2 Å². The van der Waals surface area contributed by atoms with Gasteiger partial charge >= 0.3 is 11.9 Å². The van der Waals surface area contributed by atoms with Gasteiger partial charge < -0.3 is 15.5 Å². The van der Waals surface area contributed by atoms with Crippen LogP contribution in [0.2, 0.25) is 5.02 Å². The maximum Gasteiger partial charge on any atom is 0.414 e. The molecule has 104 valence electrons. The normalized spacial score (nSPS) is 14.4. The van der Waals surface area contributed by atoms with E-state index >= 15 is 0 Å². The van der Waals surface area contributed by atoms with Crippen LogP contribution in [0, 0.1) is 0 Å². The summed E-state index contributed by atoms with van der Waals surface area (Å²) < 4.78 is 0. The number of hydrogen-bond donors (Lipinski definition) is 3. The van der Waals surface area contributed by atoms with E-state index in [0.717, 1.165) is 5.02 Å². The molecule has 1 aromatic carbocycles. The van der Waals surface area contributed by atoms with E-state index in [1.54, 1.807) is 0 Å². The Morgan fingerprint density at radius 3 is 1.95 bits per heavy atom. The van der Waals surface area contributed by atoms with E-state index < -0.39 is 11.9 Å². The van der Waals surface area contributed by atoms with Crippen molar-refractivity contribution in [2.45, 2.75) is 31.7 Å². The van der Waals surface area contributed by atoms with Crippen LogP contribution in [0.4, 0.5) is 5.69 Å². The lowest BCUT2D eigenvalue weighted by molar-refractivity contribution is -0.159. The van der Waals surface area contributed by atoms with E-state index in [2.05, 4.69) is 5.32 Å². The minimum atomic E-state index is -1.82. The molecule has 0 spiro atoms. The lowest BCUT2D eigenvalue weighted by Gasteiger charge is -2.12. The van der Waals surface area contributed by atoms with Crippen LogP contribution in [0.5, 0.6) is 0 Å². The van der Waals surface area contributed by atoms with Gasteiger partial charge in [-0.15, -0.1) is 0 Å². The number of rotatable bonds is 2.